The van der Waals surface area contributed by atoms with E-state index in [-0.39, 0.29) is 0 Å². The van der Waals surface area contributed by atoms with Crippen LogP contribution in [0.1, 0.15) is 39.5 Å². The lowest BCUT2D eigenvalue weighted by atomic mass is 10.0. The minimum atomic E-state index is 0.354. The molecule has 0 aliphatic rings. The summed E-state index contributed by atoms with van der Waals surface area (Å²) < 4.78 is 6.24. The van der Waals surface area contributed by atoms with Gasteiger partial charge in [-0.3, -0.25) is 0 Å². The minimum absolute atomic E-state index is 0.354. The number of nitrogen functional groups attached to an aromatic ring is 1. The van der Waals surface area contributed by atoms with Crippen molar-refractivity contribution < 1.29 is 4.74 Å². The average Bonchev–Trinajstić information content (AvgIpc) is 2.28. The van der Waals surface area contributed by atoms with Crippen LogP contribution in [0.15, 0.2) is 10.7 Å². The summed E-state index contributed by atoms with van der Waals surface area (Å²) in [6.45, 7) is 5.04. The lowest BCUT2D eigenvalue weighted by Crippen LogP contribution is -2.13. The van der Waals surface area contributed by atoms with Gasteiger partial charge < -0.3 is 10.5 Å². The van der Waals surface area contributed by atoms with Gasteiger partial charge in [0.05, 0.1) is 6.61 Å². The molecule has 0 fully saturated rings. The molecule has 0 saturated carbocycles. The van der Waals surface area contributed by atoms with Crippen molar-refractivity contribution in [1.29, 1.82) is 0 Å². The van der Waals surface area contributed by atoms with Crippen LogP contribution in [-0.2, 0) is 0 Å². The molecular formula is C12H20BrN3O. The third kappa shape index (κ3) is 5.35. The van der Waals surface area contributed by atoms with Crippen LogP contribution in [0.3, 0.4) is 0 Å². The number of hydrogen-bond donors (Lipinski definition) is 1. The Bertz CT molecular complexity index is 326. The number of halogens is 1. The van der Waals surface area contributed by atoms with E-state index in [9.17, 15) is 0 Å². The highest BCUT2D eigenvalue weighted by atomic mass is 79.9. The van der Waals surface area contributed by atoms with Gasteiger partial charge in [0.1, 0.15) is 10.4 Å². The van der Waals surface area contributed by atoms with Gasteiger partial charge in [-0.15, -0.1) is 0 Å². The van der Waals surface area contributed by atoms with Crippen LogP contribution in [0.4, 0.5) is 5.82 Å². The molecular weight excluding hydrogens is 282 g/mol. The molecule has 1 aromatic rings. The molecule has 2 N–H and O–H groups in total. The van der Waals surface area contributed by atoms with E-state index in [4.69, 9.17) is 10.5 Å². The first-order valence-electron chi connectivity index (χ1n) is 6.08. The number of nitrogens with two attached hydrogens (primary N) is 1. The van der Waals surface area contributed by atoms with Gasteiger partial charge in [0.15, 0.2) is 0 Å². The Morgan fingerprint density at radius 1 is 1.41 bits per heavy atom. The molecule has 1 unspecified atom stereocenters. The Kier molecular flexibility index (Phi) is 6.26. The van der Waals surface area contributed by atoms with Gasteiger partial charge in [0.25, 0.3) is 0 Å². The van der Waals surface area contributed by atoms with E-state index < -0.39 is 0 Å². The largest absolute Gasteiger partial charge is 0.463 e. The molecule has 0 amide bonds. The molecule has 0 aliphatic heterocycles. The van der Waals surface area contributed by atoms with E-state index in [0.717, 1.165) is 6.42 Å². The zero-order valence-electron chi connectivity index (χ0n) is 10.4. The molecule has 5 heteroatoms. The van der Waals surface area contributed by atoms with Gasteiger partial charge in [0.2, 0.25) is 0 Å². The van der Waals surface area contributed by atoms with E-state index >= 15 is 0 Å². The molecule has 0 bridgehead atoms. The summed E-state index contributed by atoms with van der Waals surface area (Å²) in [4.78, 5) is 8.16. The second-order valence-corrected chi connectivity index (χ2v) is 4.94. The van der Waals surface area contributed by atoms with Crippen LogP contribution in [0.2, 0.25) is 0 Å². The van der Waals surface area contributed by atoms with Gasteiger partial charge >= 0.3 is 6.01 Å². The van der Waals surface area contributed by atoms with Crippen LogP contribution < -0.4 is 10.5 Å². The van der Waals surface area contributed by atoms with Crippen molar-refractivity contribution in [3.05, 3.63) is 10.7 Å². The molecule has 0 aromatic carbocycles. The predicted octanol–water partition coefficient (Wildman–Crippen LogP) is 3.42. The van der Waals surface area contributed by atoms with Crippen molar-refractivity contribution in [3.8, 4) is 6.01 Å². The van der Waals surface area contributed by atoms with Gasteiger partial charge in [-0.2, -0.15) is 9.97 Å². The van der Waals surface area contributed by atoms with Crippen molar-refractivity contribution in [2.24, 2.45) is 5.92 Å². The van der Waals surface area contributed by atoms with Crippen LogP contribution in [0, 0.1) is 5.92 Å². The topological polar surface area (TPSA) is 61.0 Å². The maximum absolute atomic E-state index is 5.62. The van der Waals surface area contributed by atoms with E-state index in [1.165, 1.54) is 19.3 Å². The number of anilines is 1. The molecule has 1 atom stereocenters. The SMILES string of the molecule is CCCCC(CC)COc1nc(N)cc(Br)n1. The molecule has 0 radical (unpaired) electrons. The lowest BCUT2D eigenvalue weighted by molar-refractivity contribution is 0.217. The number of unbranched alkanes of at least 4 members (excludes halogenated alkanes) is 1. The summed E-state index contributed by atoms with van der Waals surface area (Å²) in [6, 6.07) is 2.01. The average molecular weight is 302 g/mol. The quantitative estimate of drug-likeness (QED) is 0.784. The summed E-state index contributed by atoms with van der Waals surface area (Å²) in [5, 5.41) is 0. The number of rotatable bonds is 7. The van der Waals surface area contributed by atoms with Crippen LogP contribution in [0.5, 0.6) is 6.01 Å². The Hall–Kier alpha value is -0.840. The second kappa shape index (κ2) is 7.48. The summed E-state index contributed by atoms with van der Waals surface area (Å²) >= 11 is 3.27. The maximum Gasteiger partial charge on any atom is 0.319 e. The molecule has 4 nitrogen and oxygen atoms in total. The minimum Gasteiger partial charge on any atom is -0.463 e. The summed E-state index contributed by atoms with van der Waals surface area (Å²) in [7, 11) is 0. The van der Waals surface area contributed by atoms with Crippen LogP contribution >= 0.6 is 15.9 Å². The van der Waals surface area contributed by atoms with Gasteiger partial charge in [-0.1, -0.05) is 33.1 Å². The third-order valence-electron chi connectivity index (χ3n) is 2.69. The normalized spacial score (nSPS) is 12.4. The second-order valence-electron chi connectivity index (χ2n) is 4.13. The number of hydrogen-bond acceptors (Lipinski definition) is 4. The summed E-state index contributed by atoms with van der Waals surface area (Å²) in [5.41, 5.74) is 5.62. The first kappa shape index (κ1) is 14.2. The number of aromatic nitrogens is 2. The third-order valence-corrected chi connectivity index (χ3v) is 3.09. The van der Waals surface area contributed by atoms with Gasteiger partial charge in [0, 0.05) is 6.07 Å². The Balaban J connectivity index is 2.47. The molecule has 17 heavy (non-hydrogen) atoms. The molecule has 1 aromatic heterocycles. The lowest BCUT2D eigenvalue weighted by Gasteiger charge is -2.14. The molecule has 0 saturated heterocycles. The van der Waals surface area contributed by atoms with Crippen molar-refractivity contribution in [2.45, 2.75) is 39.5 Å². The van der Waals surface area contributed by atoms with Crippen molar-refractivity contribution in [1.82, 2.24) is 9.97 Å². The monoisotopic (exact) mass is 301 g/mol. The van der Waals surface area contributed by atoms with E-state index in [1.54, 1.807) is 6.07 Å². The van der Waals surface area contributed by atoms with E-state index in [1.807, 2.05) is 0 Å². The highest BCUT2D eigenvalue weighted by Gasteiger charge is 2.09. The van der Waals surface area contributed by atoms with E-state index in [2.05, 4.69) is 39.7 Å². The Morgan fingerprint density at radius 2 is 2.18 bits per heavy atom. The standard InChI is InChI=1S/C12H20BrN3O/c1-3-5-6-9(4-2)8-17-12-15-10(13)7-11(14)16-12/h7,9H,3-6,8H2,1-2H3,(H2,14,15,16). The number of ether oxygens (including phenoxy) is 1. The predicted molar refractivity (Wildman–Crippen MR) is 72.9 cm³/mol. The summed E-state index contributed by atoms with van der Waals surface area (Å²) in [5.74, 6) is 0.988. The molecule has 0 aliphatic carbocycles. The zero-order valence-corrected chi connectivity index (χ0v) is 12.0. The Labute approximate surface area is 111 Å². The smallest absolute Gasteiger partial charge is 0.319 e. The fourth-order valence-corrected chi connectivity index (χ4v) is 1.95. The Morgan fingerprint density at radius 3 is 2.76 bits per heavy atom. The fourth-order valence-electron chi connectivity index (χ4n) is 1.57. The van der Waals surface area contributed by atoms with Crippen molar-refractivity contribution >= 4 is 21.7 Å². The van der Waals surface area contributed by atoms with Gasteiger partial charge in [-0.25, -0.2) is 0 Å². The highest BCUT2D eigenvalue weighted by Crippen LogP contribution is 2.17. The van der Waals surface area contributed by atoms with Crippen LogP contribution in [0.25, 0.3) is 0 Å². The van der Waals surface area contributed by atoms with Crippen molar-refractivity contribution in [2.75, 3.05) is 12.3 Å². The fraction of sp³-hybridized carbons (Fsp3) is 0.667. The highest BCUT2D eigenvalue weighted by molar-refractivity contribution is 9.10. The summed E-state index contributed by atoms with van der Waals surface area (Å²) in [6.07, 6.45) is 4.76. The molecule has 96 valence electrons. The molecule has 0 spiro atoms. The number of nitrogens with zero attached hydrogens (tertiary/aromatic N) is 2. The first-order valence-corrected chi connectivity index (χ1v) is 6.87. The van der Waals surface area contributed by atoms with Gasteiger partial charge in [-0.05, 0) is 28.3 Å². The molecule has 1 heterocycles. The first-order chi connectivity index (χ1) is 8.15. The maximum atomic E-state index is 5.62. The molecule has 1 rings (SSSR count). The van der Waals surface area contributed by atoms with Crippen LogP contribution in [-0.4, -0.2) is 16.6 Å². The van der Waals surface area contributed by atoms with Crippen molar-refractivity contribution in [3.63, 3.8) is 0 Å². The van der Waals surface area contributed by atoms with E-state index in [0.29, 0.717) is 29.0 Å². The zero-order chi connectivity index (χ0) is 12.7.